The Morgan fingerprint density at radius 1 is 0.758 bits per heavy atom. The van der Waals surface area contributed by atoms with Crippen molar-refractivity contribution in [3.05, 3.63) is 96.6 Å². The number of alkyl halides is 3. The van der Waals surface area contributed by atoms with Crippen LogP contribution in [-0.2, 0) is 11.0 Å². The number of benzene rings is 3. The minimum atomic E-state index is -4.41. The molecule has 0 saturated heterocycles. The molecule has 1 heterocycles. The number of anilines is 1. The first-order valence-corrected chi connectivity index (χ1v) is 11.0. The molecule has 4 nitrogen and oxygen atoms in total. The van der Waals surface area contributed by atoms with E-state index in [0.717, 1.165) is 28.8 Å². The van der Waals surface area contributed by atoms with Crippen LogP contribution >= 0.6 is 11.8 Å². The number of nitrogens with zero attached hydrogens (tertiary/aromatic N) is 2. The van der Waals surface area contributed by atoms with E-state index in [1.54, 1.807) is 6.07 Å². The van der Waals surface area contributed by atoms with Crippen molar-refractivity contribution in [1.29, 1.82) is 0 Å². The van der Waals surface area contributed by atoms with Crippen molar-refractivity contribution in [1.82, 2.24) is 10.2 Å². The Hall–Kier alpha value is -3.65. The van der Waals surface area contributed by atoms with Crippen molar-refractivity contribution in [2.75, 3.05) is 11.1 Å². The fraction of sp³-hybridized carbons (Fsp3) is 0.0800. The van der Waals surface area contributed by atoms with Crippen molar-refractivity contribution in [2.45, 2.75) is 11.2 Å². The number of halogens is 3. The van der Waals surface area contributed by atoms with Crippen LogP contribution in [-0.4, -0.2) is 21.9 Å². The first kappa shape index (κ1) is 22.5. The number of carbonyl (C=O) groups is 1. The molecule has 0 spiro atoms. The predicted octanol–water partition coefficient (Wildman–Crippen LogP) is 6.56. The van der Waals surface area contributed by atoms with Gasteiger partial charge < -0.3 is 5.32 Å². The average Bonchev–Trinajstić information content (AvgIpc) is 2.84. The summed E-state index contributed by atoms with van der Waals surface area (Å²) >= 11 is 1.19. The summed E-state index contributed by atoms with van der Waals surface area (Å²) < 4.78 is 37.8. The van der Waals surface area contributed by atoms with Gasteiger partial charge in [0.15, 0.2) is 0 Å². The number of nitrogens with one attached hydrogen (secondary N) is 1. The predicted molar refractivity (Wildman–Crippen MR) is 124 cm³/mol. The minimum Gasteiger partial charge on any atom is -0.325 e. The number of thioether (sulfide) groups is 1. The van der Waals surface area contributed by atoms with Crippen molar-refractivity contribution in [3.63, 3.8) is 0 Å². The van der Waals surface area contributed by atoms with Crippen LogP contribution in [0.4, 0.5) is 18.9 Å². The van der Waals surface area contributed by atoms with Crippen LogP contribution in [0.25, 0.3) is 22.4 Å². The maximum Gasteiger partial charge on any atom is 0.416 e. The number of hydrogen-bond donors (Lipinski definition) is 1. The fourth-order valence-electron chi connectivity index (χ4n) is 3.09. The van der Waals surface area contributed by atoms with E-state index in [1.807, 2.05) is 48.5 Å². The normalized spacial score (nSPS) is 11.2. The highest BCUT2D eigenvalue weighted by molar-refractivity contribution is 7.99. The molecular weight excluding hydrogens is 447 g/mol. The van der Waals surface area contributed by atoms with E-state index < -0.39 is 11.7 Å². The molecule has 0 fully saturated rings. The van der Waals surface area contributed by atoms with E-state index in [1.165, 1.54) is 23.9 Å². The standard InChI is InChI=1S/C25H18F3N3OS/c26-25(27,28)20-10-12-21(13-11-20)29-23(32)16-33-24-15-14-22(30-31-24)19-8-6-18(7-9-19)17-4-2-1-3-5-17/h1-15H,16H2,(H,29,32). The Bertz CT molecular complexity index is 1210. The first-order chi connectivity index (χ1) is 15.9. The molecule has 1 aromatic heterocycles. The summed E-state index contributed by atoms with van der Waals surface area (Å²) in [6, 6.07) is 26.0. The molecule has 8 heteroatoms. The third kappa shape index (κ3) is 5.98. The van der Waals surface area contributed by atoms with Crippen LogP contribution in [0.3, 0.4) is 0 Å². The molecule has 0 aliphatic rings. The lowest BCUT2D eigenvalue weighted by molar-refractivity contribution is -0.137. The molecule has 0 aliphatic heterocycles. The van der Waals surface area contributed by atoms with Crippen molar-refractivity contribution in [2.24, 2.45) is 0 Å². The van der Waals surface area contributed by atoms with Gasteiger partial charge in [0.1, 0.15) is 5.03 Å². The molecule has 4 aromatic rings. The van der Waals surface area contributed by atoms with Gasteiger partial charge in [-0.2, -0.15) is 13.2 Å². The van der Waals surface area contributed by atoms with E-state index in [2.05, 4.69) is 27.6 Å². The molecule has 0 unspecified atom stereocenters. The Morgan fingerprint density at radius 3 is 2.00 bits per heavy atom. The summed E-state index contributed by atoms with van der Waals surface area (Å²) in [5.41, 5.74) is 3.43. The monoisotopic (exact) mass is 465 g/mol. The zero-order valence-corrected chi connectivity index (χ0v) is 18.0. The molecular formula is C25H18F3N3OS. The van der Waals surface area contributed by atoms with E-state index >= 15 is 0 Å². The topological polar surface area (TPSA) is 54.9 Å². The highest BCUT2D eigenvalue weighted by Gasteiger charge is 2.29. The molecule has 1 N–H and O–H groups in total. The molecule has 0 bridgehead atoms. The molecule has 0 saturated carbocycles. The van der Waals surface area contributed by atoms with E-state index in [9.17, 15) is 18.0 Å². The Kier molecular flexibility index (Phi) is 6.74. The number of carbonyl (C=O) groups excluding carboxylic acids is 1. The summed E-state index contributed by atoms with van der Waals surface area (Å²) in [6.07, 6.45) is -4.41. The van der Waals surface area contributed by atoms with E-state index in [0.29, 0.717) is 16.4 Å². The quantitative estimate of drug-likeness (QED) is 0.328. The van der Waals surface area contributed by atoms with Gasteiger partial charge in [0.05, 0.1) is 17.0 Å². The zero-order valence-electron chi connectivity index (χ0n) is 17.2. The van der Waals surface area contributed by atoms with Gasteiger partial charge in [-0.15, -0.1) is 10.2 Å². The number of hydrogen-bond acceptors (Lipinski definition) is 4. The van der Waals surface area contributed by atoms with Gasteiger partial charge in [-0.3, -0.25) is 4.79 Å². The third-order valence-electron chi connectivity index (χ3n) is 4.77. The number of amides is 1. The molecule has 33 heavy (non-hydrogen) atoms. The molecule has 3 aromatic carbocycles. The molecule has 0 atom stereocenters. The summed E-state index contributed by atoms with van der Waals surface area (Å²) in [6.45, 7) is 0. The van der Waals surface area contributed by atoms with Crippen molar-refractivity contribution in [3.8, 4) is 22.4 Å². The van der Waals surface area contributed by atoms with Gasteiger partial charge in [-0.1, -0.05) is 66.4 Å². The summed E-state index contributed by atoms with van der Waals surface area (Å²) in [7, 11) is 0. The van der Waals surface area contributed by atoms with Crippen LogP contribution in [0, 0.1) is 0 Å². The van der Waals surface area contributed by atoms with E-state index in [4.69, 9.17) is 0 Å². The zero-order chi connectivity index (χ0) is 23.3. The van der Waals surface area contributed by atoms with Crippen LogP contribution in [0.5, 0.6) is 0 Å². The largest absolute Gasteiger partial charge is 0.416 e. The number of rotatable bonds is 6. The lowest BCUT2D eigenvalue weighted by Crippen LogP contribution is -2.14. The van der Waals surface area contributed by atoms with Gasteiger partial charge in [0, 0.05) is 11.3 Å². The number of aromatic nitrogens is 2. The van der Waals surface area contributed by atoms with Crippen molar-refractivity contribution >= 4 is 23.4 Å². The van der Waals surface area contributed by atoms with Gasteiger partial charge in [0.2, 0.25) is 5.91 Å². The highest BCUT2D eigenvalue weighted by atomic mass is 32.2. The smallest absolute Gasteiger partial charge is 0.325 e. The van der Waals surface area contributed by atoms with Crippen LogP contribution in [0.2, 0.25) is 0 Å². The van der Waals surface area contributed by atoms with Crippen LogP contribution in [0.1, 0.15) is 5.56 Å². The van der Waals surface area contributed by atoms with Gasteiger partial charge in [0.25, 0.3) is 0 Å². The van der Waals surface area contributed by atoms with Gasteiger partial charge in [-0.25, -0.2) is 0 Å². The maximum atomic E-state index is 12.6. The second-order valence-electron chi connectivity index (χ2n) is 7.11. The summed E-state index contributed by atoms with van der Waals surface area (Å²) in [5.74, 6) is -0.289. The first-order valence-electron chi connectivity index (χ1n) is 9.98. The lowest BCUT2D eigenvalue weighted by Gasteiger charge is -2.08. The lowest BCUT2D eigenvalue weighted by atomic mass is 10.0. The molecule has 0 aliphatic carbocycles. The summed E-state index contributed by atoms with van der Waals surface area (Å²) in [5, 5.41) is 11.5. The maximum absolute atomic E-state index is 12.6. The minimum absolute atomic E-state index is 0.0564. The fourth-order valence-corrected chi connectivity index (χ4v) is 3.71. The van der Waals surface area contributed by atoms with Crippen molar-refractivity contribution < 1.29 is 18.0 Å². The van der Waals surface area contributed by atoms with E-state index in [-0.39, 0.29) is 11.7 Å². The Morgan fingerprint density at radius 2 is 1.39 bits per heavy atom. The second-order valence-corrected chi connectivity index (χ2v) is 8.11. The molecule has 1 amide bonds. The second kappa shape index (κ2) is 9.87. The highest BCUT2D eigenvalue weighted by Crippen LogP contribution is 2.30. The SMILES string of the molecule is O=C(CSc1ccc(-c2ccc(-c3ccccc3)cc2)nn1)Nc1ccc(C(F)(F)F)cc1. The van der Waals surface area contributed by atoms with Gasteiger partial charge >= 0.3 is 6.18 Å². The van der Waals surface area contributed by atoms with Gasteiger partial charge in [-0.05, 0) is 47.5 Å². The molecule has 0 radical (unpaired) electrons. The average molecular weight is 466 g/mol. The van der Waals surface area contributed by atoms with Crippen LogP contribution in [0.15, 0.2) is 96.0 Å². The Balaban J connectivity index is 1.32. The molecule has 166 valence electrons. The Labute approximate surface area is 192 Å². The molecule has 4 rings (SSSR count). The van der Waals surface area contributed by atoms with Crippen LogP contribution < -0.4 is 5.32 Å². The summed E-state index contributed by atoms with van der Waals surface area (Å²) in [4.78, 5) is 12.1. The third-order valence-corrected chi connectivity index (χ3v) is 5.70.